The molecule has 3 atom stereocenters. The molecule has 0 bridgehead atoms. The van der Waals surface area contributed by atoms with E-state index in [-0.39, 0.29) is 17.4 Å². The summed E-state index contributed by atoms with van der Waals surface area (Å²) in [5.74, 6) is 0.194. The molecule has 0 aromatic rings. The molecule has 0 saturated carbocycles. The van der Waals surface area contributed by atoms with Crippen molar-refractivity contribution in [2.24, 2.45) is 16.8 Å². The molecule has 2 saturated heterocycles. The van der Waals surface area contributed by atoms with Crippen molar-refractivity contribution >= 4 is 31.6 Å². The van der Waals surface area contributed by atoms with Crippen molar-refractivity contribution in [3.63, 3.8) is 0 Å². The molecule has 1 aliphatic carbocycles. The minimum atomic E-state index is -3.68. The Labute approximate surface area is 208 Å². The number of aliphatic imine (C=N–C) groups is 1. The Hall–Kier alpha value is -2.40. The second kappa shape index (κ2) is 9.57. The third kappa shape index (κ3) is 5.11. The van der Waals surface area contributed by atoms with Gasteiger partial charge in [-0.2, -0.15) is 0 Å². The highest BCUT2D eigenvalue weighted by Crippen LogP contribution is 2.34. The van der Waals surface area contributed by atoms with Crippen molar-refractivity contribution in [2.75, 3.05) is 38.2 Å². The molecule has 0 N–H and O–H groups in total. The maximum Gasteiger partial charge on any atom is 0.239 e. The Morgan fingerprint density at radius 1 is 1.20 bits per heavy atom. The SMILES string of the molecule is C/C=C1/CCS(=O)(=O)N1C1=CC(S(C)(=O)=O)C(C(=O)N2CCN(C3=NC=C(C)CC3C)CC2)C=C1. The number of sulfonamides is 1. The molecule has 3 aliphatic heterocycles. The van der Waals surface area contributed by atoms with Crippen LogP contribution in [-0.2, 0) is 24.7 Å². The molecular weight excluding hydrogens is 488 g/mol. The van der Waals surface area contributed by atoms with Gasteiger partial charge in [0.15, 0.2) is 9.84 Å². The maximum absolute atomic E-state index is 13.5. The van der Waals surface area contributed by atoms with Crippen LogP contribution in [0.25, 0.3) is 0 Å². The van der Waals surface area contributed by atoms with Gasteiger partial charge in [-0.15, -0.1) is 0 Å². The zero-order valence-corrected chi connectivity index (χ0v) is 22.3. The van der Waals surface area contributed by atoms with E-state index in [1.807, 2.05) is 6.20 Å². The van der Waals surface area contributed by atoms with Gasteiger partial charge in [0.25, 0.3) is 0 Å². The number of allylic oxidation sites excluding steroid dienone is 4. The summed E-state index contributed by atoms with van der Waals surface area (Å²) in [5.41, 5.74) is 2.15. The topological polar surface area (TPSA) is 107 Å². The summed E-state index contributed by atoms with van der Waals surface area (Å²) in [5, 5.41) is -1.13. The summed E-state index contributed by atoms with van der Waals surface area (Å²) in [6.07, 6.45) is 10.6. The van der Waals surface area contributed by atoms with Crippen molar-refractivity contribution in [3.05, 3.63) is 47.5 Å². The lowest BCUT2D eigenvalue weighted by Gasteiger charge is -2.40. The summed E-state index contributed by atoms with van der Waals surface area (Å²) in [6, 6.07) is 0. The number of piperazine rings is 1. The quantitative estimate of drug-likeness (QED) is 0.560. The predicted molar refractivity (Wildman–Crippen MR) is 136 cm³/mol. The van der Waals surface area contributed by atoms with Gasteiger partial charge in [0, 0.05) is 56.7 Å². The van der Waals surface area contributed by atoms with Crippen molar-refractivity contribution in [3.8, 4) is 0 Å². The van der Waals surface area contributed by atoms with Crippen LogP contribution in [0.1, 0.15) is 33.6 Å². The Morgan fingerprint density at radius 2 is 1.89 bits per heavy atom. The number of hydrogen-bond donors (Lipinski definition) is 0. The van der Waals surface area contributed by atoms with Crippen LogP contribution in [0.15, 0.2) is 52.5 Å². The Morgan fingerprint density at radius 3 is 2.49 bits per heavy atom. The molecule has 11 heteroatoms. The minimum absolute atomic E-state index is 0.0205. The van der Waals surface area contributed by atoms with Crippen molar-refractivity contribution in [2.45, 2.75) is 38.9 Å². The van der Waals surface area contributed by atoms with Gasteiger partial charge in [0.05, 0.1) is 22.6 Å². The highest BCUT2D eigenvalue weighted by molar-refractivity contribution is 7.91. The van der Waals surface area contributed by atoms with E-state index in [0.717, 1.165) is 18.5 Å². The summed E-state index contributed by atoms with van der Waals surface area (Å²) < 4.78 is 51.9. The van der Waals surface area contributed by atoms with E-state index in [4.69, 9.17) is 0 Å². The summed E-state index contributed by atoms with van der Waals surface area (Å²) >= 11 is 0. The number of rotatable bonds is 3. The summed E-state index contributed by atoms with van der Waals surface area (Å²) in [7, 11) is -7.24. The zero-order valence-electron chi connectivity index (χ0n) is 20.7. The van der Waals surface area contributed by atoms with Crippen molar-refractivity contribution in [1.82, 2.24) is 14.1 Å². The first kappa shape index (κ1) is 25.7. The molecule has 4 rings (SSSR count). The number of amides is 1. The average Bonchev–Trinajstić information content (AvgIpc) is 3.12. The van der Waals surface area contributed by atoms with E-state index in [1.54, 1.807) is 30.1 Å². The van der Waals surface area contributed by atoms with Crippen LogP contribution in [0.4, 0.5) is 0 Å². The summed E-state index contributed by atoms with van der Waals surface area (Å²) in [6.45, 7) is 8.22. The van der Waals surface area contributed by atoms with Crippen LogP contribution in [0.2, 0.25) is 0 Å². The Balaban J connectivity index is 1.51. The number of carbonyl (C=O) groups is 1. The van der Waals surface area contributed by atoms with Gasteiger partial charge in [-0.25, -0.2) is 26.1 Å². The lowest BCUT2D eigenvalue weighted by Crippen LogP contribution is -2.54. The lowest BCUT2D eigenvalue weighted by molar-refractivity contribution is -0.135. The van der Waals surface area contributed by atoms with E-state index < -0.39 is 31.0 Å². The lowest BCUT2D eigenvalue weighted by atomic mass is 9.96. The molecule has 1 amide bonds. The Kier molecular flexibility index (Phi) is 7.02. The first-order chi connectivity index (χ1) is 16.4. The fraction of sp³-hybridized carbons (Fsp3) is 0.583. The van der Waals surface area contributed by atoms with Crippen molar-refractivity contribution in [1.29, 1.82) is 0 Å². The van der Waals surface area contributed by atoms with Crippen molar-refractivity contribution < 1.29 is 21.6 Å². The van der Waals surface area contributed by atoms with Gasteiger partial charge in [-0.05, 0) is 32.4 Å². The van der Waals surface area contributed by atoms with Crippen LogP contribution in [0.5, 0.6) is 0 Å². The molecule has 35 heavy (non-hydrogen) atoms. The number of sulfone groups is 1. The van der Waals surface area contributed by atoms with Gasteiger partial charge >= 0.3 is 0 Å². The second-order valence-electron chi connectivity index (χ2n) is 9.76. The van der Waals surface area contributed by atoms with Gasteiger partial charge < -0.3 is 9.80 Å². The number of hydrogen-bond acceptors (Lipinski definition) is 7. The monoisotopic (exact) mass is 522 g/mol. The molecular formula is C24H34N4O5S2. The second-order valence-corrected chi connectivity index (χ2v) is 13.9. The highest BCUT2D eigenvalue weighted by Gasteiger charge is 2.41. The largest absolute Gasteiger partial charge is 0.356 e. The molecule has 9 nitrogen and oxygen atoms in total. The smallest absolute Gasteiger partial charge is 0.239 e. The maximum atomic E-state index is 13.5. The van der Waals surface area contributed by atoms with Crippen LogP contribution >= 0.6 is 0 Å². The molecule has 0 aromatic heterocycles. The summed E-state index contributed by atoms with van der Waals surface area (Å²) in [4.78, 5) is 22.0. The third-order valence-electron chi connectivity index (χ3n) is 7.07. The normalized spacial score (nSPS) is 30.3. The molecule has 0 aromatic carbocycles. The van der Waals surface area contributed by atoms with Crippen LogP contribution < -0.4 is 0 Å². The van der Waals surface area contributed by atoms with E-state index in [1.165, 1.54) is 16.0 Å². The van der Waals surface area contributed by atoms with Crippen LogP contribution in [0.3, 0.4) is 0 Å². The van der Waals surface area contributed by atoms with E-state index >= 15 is 0 Å². The standard InChI is InChI=1S/C24H34N4O5S2/c1-5-19-8-13-35(32,33)28(19)20-6-7-21(22(15-20)34(4,30)31)24(29)27-11-9-26(10-12-27)23-18(3)14-17(2)16-25-23/h5-7,15-16,18,21-22H,8-14H2,1-4H3/b19-5-. The number of amidine groups is 1. The molecule has 3 unspecified atom stereocenters. The van der Waals surface area contributed by atoms with Gasteiger partial charge in [0.1, 0.15) is 5.84 Å². The first-order valence-corrected chi connectivity index (χ1v) is 15.5. The van der Waals surface area contributed by atoms with Gasteiger partial charge in [-0.1, -0.05) is 24.6 Å². The van der Waals surface area contributed by atoms with E-state index in [2.05, 4.69) is 23.7 Å². The van der Waals surface area contributed by atoms with Gasteiger partial charge in [-0.3, -0.25) is 4.79 Å². The average molecular weight is 523 g/mol. The predicted octanol–water partition coefficient (Wildman–Crippen LogP) is 1.90. The van der Waals surface area contributed by atoms with Gasteiger partial charge in [0.2, 0.25) is 15.9 Å². The number of carbonyl (C=O) groups excluding carboxylic acids is 1. The minimum Gasteiger partial charge on any atom is -0.356 e. The Bertz CT molecular complexity index is 1250. The first-order valence-electron chi connectivity index (χ1n) is 12.0. The molecule has 2 fully saturated rings. The molecule has 4 aliphatic rings. The fourth-order valence-corrected chi connectivity index (χ4v) is 8.04. The molecule has 192 valence electrons. The molecule has 0 radical (unpaired) electrons. The third-order valence-corrected chi connectivity index (χ3v) is 10.2. The van der Waals surface area contributed by atoms with E-state index in [9.17, 15) is 21.6 Å². The molecule has 0 spiro atoms. The fourth-order valence-electron chi connectivity index (χ4n) is 5.27. The number of nitrogens with zero attached hydrogens (tertiary/aromatic N) is 4. The highest BCUT2D eigenvalue weighted by atomic mass is 32.2. The molecule has 3 heterocycles. The zero-order chi connectivity index (χ0) is 25.5. The van der Waals surface area contributed by atoms with E-state index in [0.29, 0.717) is 44.2 Å². The van der Waals surface area contributed by atoms with Crippen LogP contribution in [0, 0.1) is 11.8 Å². The van der Waals surface area contributed by atoms with Crippen LogP contribution in [-0.4, -0.2) is 86.1 Å².